The fourth-order valence-corrected chi connectivity index (χ4v) is 4.58. The third kappa shape index (κ3) is 3.17. The Morgan fingerprint density at radius 2 is 1.85 bits per heavy atom. The Morgan fingerprint density at radius 1 is 1.06 bits per heavy atom. The molecule has 33 heavy (non-hydrogen) atoms. The van der Waals surface area contributed by atoms with Crippen molar-refractivity contribution in [3.05, 3.63) is 95.2 Å². The van der Waals surface area contributed by atoms with E-state index in [-0.39, 0.29) is 11.7 Å². The fourth-order valence-electron chi connectivity index (χ4n) is 4.58. The van der Waals surface area contributed by atoms with Crippen LogP contribution in [0.2, 0.25) is 0 Å². The van der Waals surface area contributed by atoms with Gasteiger partial charge in [0.05, 0.1) is 11.4 Å². The van der Waals surface area contributed by atoms with Gasteiger partial charge in [0.2, 0.25) is 6.17 Å². The summed E-state index contributed by atoms with van der Waals surface area (Å²) in [6, 6.07) is 22.4. The molecule has 0 fully saturated rings. The van der Waals surface area contributed by atoms with Crippen molar-refractivity contribution in [3.63, 3.8) is 0 Å². The van der Waals surface area contributed by atoms with E-state index in [4.69, 9.17) is 15.1 Å². The van der Waals surface area contributed by atoms with Crippen molar-refractivity contribution >= 4 is 39.9 Å². The third-order valence-corrected chi connectivity index (χ3v) is 6.06. The van der Waals surface area contributed by atoms with Crippen LogP contribution < -0.4 is 16.0 Å². The first-order valence-electron chi connectivity index (χ1n) is 10.8. The van der Waals surface area contributed by atoms with E-state index in [1.807, 2.05) is 60.7 Å². The molecule has 1 aromatic heterocycles. The number of nitrogens with two attached hydrogens (primary N) is 1. The lowest BCUT2D eigenvalue weighted by atomic mass is 9.97. The molecule has 0 saturated carbocycles. The Hall–Kier alpha value is -4.39. The second-order valence-corrected chi connectivity index (χ2v) is 8.18. The Labute approximate surface area is 189 Å². The van der Waals surface area contributed by atoms with Crippen molar-refractivity contribution in [2.75, 3.05) is 17.2 Å². The van der Waals surface area contributed by atoms with Crippen molar-refractivity contribution in [3.8, 4) is 0 Å². The summed E-state index contributed by atoms with van der Waals surface area (Å²) >= 11 is 0. The van der Waals surface area contributed by atoms with Crippen LogP contribution in [0, 0.1) is 0 Å². The first-order chi connectivity index (χ1) is 16.1. The van der Waals surface area contributed by atoms with Crippen molar-refractivity contribution in [1.29, 1.82) is 0 Å². The smallest absolute Gasteiger partial charge is 0.289 e. The molecule has 162 valence electrons. The van der Waals surface area contributed by atoms with Crippen LogP contribution in [0.3, 0.4) is 0 Å². The molecule has 0 spiro atoms. The molecular weight excluding hydrogens is 416 g/mol. The highest BCUT2D eigenvalue weighted by Gasteiger charge is 2.37. The monoisotopic (exact) mass is 436 g/mol. The number of fused-ring (bicyclic) bond motifs is 1. The van der Waals surface area contributed by atoms with Gasteiger partial charge < -0.3 is 20.4 Å². The molecule has 2 amide bonds. The van der Waals surface area contributed by atoms with Gasteiger partial charge in [0.15, 0.2) is 5.76 Å². The SMILES string of the molecule is Nc1cc2c3c(c1)C(c1ccccc1)=N[C@@H](NC(=O)c1cc4ccccc4o1)C(=O)N3CC2. The molecule has 3 N–H and O–H groups in total. The standard InChI is InChI=1S/C26H20N4O3/c27-18-12-17-10-11-30-23(17)19(14-18)22(15-6-2-1-3-7-15)28-24(26(30)32)29-25(31)21-13-16-8-4-5-9-20(16)33-21/h1-9,12-14,24H,10-11,27H2,(H,29,31)/t24-/m0/s1. The number of rotatable bonds is 3. The maximum Gasteiger partial charge on any atom is 0.289 e. The van der Waals surface area contributed by atoms with Crippen molar-refractivity contribution in [1.82, 2.24) is 5.32 Å². The predicted molar refractivity (Wildman–Crippen MR) is 126 cm³/mol. The second-order valence-electron chi connectivity index (χ2n) is 8.18. The number of furan rings is 1. The van der Waals surface area contributed by atoms with Gasteiger partial charge in [-0.25, -0.2) is 4.99 Å². The number of hydrogen-bond acceptors (Lipinski definition) is 5. The molecule has 1 atom stereocenters. The van der Waals surface area contributed by atoms with Crippen LogP contribution in [-0.2, 0) is 11.2 Å². The summed E-state index contributed by atoms with van der Waals surface area (Å²) in [5.74, 6) is -0.644. The van der Waals surface area contributed by atoms with Crippen LogP contribution >= 0.6 is 0 Å². The van der Waals surface area contributed by atoms with Crippen LogP contribution in [0.15, 0.2) is 82.2 Å². The van der Waals surface area contributed by atoms with Crippen molar-refractivity contribution in [2.24, 2.45) is 4.99 Å². The quantitative estimate of drug-likeness (QED) is 0.480. The van der Waals surface area contributed by atoms with Gasteiger partial charge in [-0.05, 0) is 36.2 Å². The van der Waals surface area contributed by atoms with Gasteiger partial charge in [0.1, 0.15) is 5.58 Å². The highest BCUT2D eigenvalue weighted by atomic mass is 16.3. The Kier molecular flexibility index (Phi) is 4.29. The van der Waals surface area contributed by atoms with Crippen LogP contribution in [0.4, 0.5) is 11.4 Å². The third-order valence-electron chi connectivity index (χ3n) is 6.06. The van der Waals surface area contributed by atoms with Gasteiger partial charge in [-0.2, -0.15) is 0 Å². The minimum Gasteiger partial charge on any atom is -0.451 e. The lowest BCUT2D eigenvalue weighted by molar-refractivity contribution is -0.120. The molecule has 0 unspecified atom stereocenters. The Balaban J connectivity index is 1.45. The number of aliphatic imine (C=N–C) groups is 1. The zero-order valence-electron chi connectivity index (χ0n) is 17.6. The first-order valence-corrected chi connectivity index (χ1v) is 10.8. The number of amides is 2. The minimum atomic E-state index is -1.10. The summed E-state index contributed by atoms with van der Waals surface area (Å²) in [6.07, 6.45) is -0.397. The predicted octanol–water partition coefficient (Wildman–Crippen LogP) is 3.51. The van der Waals surface area contributed by atoms with E-state index in [0.717, 1.165) is 27.8 Å². The Morgan fingerprint density at radius 3 is 2.67 bits per heavy atom. The zero-order valence-corrected chi connectivity index (χ0v) is 17.6. The molecule has 0 bridgehead atoms. The molecule has 7 heteroatoms. The van der Waals surface area contributed by atoms with Gasteiger partial charge in [-0.1, -0.05) is 48.5 Å². The van der Waals surface area contributed by atoms with E-state index in [1.54, 1.807) is 17.0 Å². The summed E-state index contributed by atoms with van der Waals surface area (Å²) in [5.41, 5.74) is 11.5. The van der Waals surface area contributed by atoms with E-state index in [0.29, 0.717) is 29.9 Å². The summed E-state index contributed by atoms with van der Waals surface area (Å²) in [6.45, 7) is 0.513. The van der Waals surface area contributed by atoms with Crippen LogP contribution in [0.5, 0.6) is 0 Å². The molecule has 2 aliphatic rings. The molecular formula is C26H20N4O3. The number of nitrogen functional groups attached to an aromatic ring is 1. The van der Waals surface area contributed by atoms with Gasteiger partial charge in [-0.3, -0.25) is 9.59 Å². The van der Waals surface area contributed by atoms with E-state index >= 15 is 0 Å². The second kappa shape index (κ2) is 7.34. The highest BCUT2D eigenvalue weighted by Crippen LogP contribution is 2.38. The first kappa shape index (κ1) is 19.3. The zero-order chi connectivity index (χ0) is 22.5. The highest BCUT2D eigenvalue weighted by molar-refractivity contribution is 6.21. The fraction of sp³-hybridized carbons (Fsp3) is 0.115. The number of nitrogens with zero attached hydrogens (tertiary/aromatic N) is 2. The molecule has 4 aromatic rings. The average molecular weight is 436 g/mol. The van der Waals surface area contributed by atoms with Crippen LogP contribution in [-0.4, -0.2) is 30.2 Å². The number of nitrogens with one attached hydrogen (secondary N) is 1. The lowest BCUT2D eigenvalue weighted by Gasteiger charge is -2.20. The number of anilines is 2. The number of benzene rings is 3. The summed E-state index contributed by atoms with van der Waals surface area (Å²) in [5, 5.41) is 3.60. The molecule has 0 aliphatic carbocycles. The largest absolute Gasteiger partial charge is 0.451 e. The molecule has 3 aromatic carbocycles. The van der Waals surface area contributed by atoms with Gasteiger partial charge in [0.25, 0.3) is 11.8 Å². The van der Waals surface area contributed by atoms with Crippen LogP contribution in [0.1, 0.15) is 27.2 Å². The van der Waals surface area contributed by atoms with Crippen molar-refractivity contribution in [2.45, 2.75) is 12.6 Å². The molecule has 6 rings (SSSR count). The van der Waals surface area contributed by atoms with Crippen molar-refractivity contribution < 1.29 is 14.0 Å². The number of carbonyl (C=O) groups is 2. The number of hydrogen-bond donors (Lipinski definition) is 2. The van der Waals surface area contributed by atoms with E-state index in [2.05, 4.69) is 5.32 Å². The Bertz CT molecular complexity index is 1420. The van der Waals surface area contributed by atoms with E-state index < -0.39 is 12.1 Å². The van der Waals surface area contributed by atoms with Gasteiger partial charge in [0, 0.05) is 28.7 Å². The molecule has 0 radical (unpaired) electrons. The molecule has 7 nitrogen and oxygen atoms in total. The maximum absolute atomic E-state index is 13.5. The van der Waals surface area contributed by atoms with Crippen LogP contribution in [0.25, 0.3) is 11.0 Å². The minimum absolute atomic E-state index is 0.133. The summed E-state index contributed by atoms with van der Waals surface area (Å²) in [7, 11) is 0. The lowest BCUT2D eigenvalue weighted by Crippen LogP contribution is -2.46. The topological polar surface area (TPSA) is 101 Å². The maximum atomic E-state index is 13.5. The van der Waals surface area contributed by atoms with E-state index in [9.17, 15) is 9.59 Å². The van der Waals surface area contributed by atoms with E-state index in [1.165, 1.54) is 0 Å². The molecule has 0 saturated heterocycles. The summed E-state index contributed by atoms with van der Waals surface area (Å²) < 4.78 is 5.69. The average Bonchev–Trinajstić information content (AvgIpc) is 3.43. The molecule has 2 aliphatic heterocycles. The van der Waals surface area contributed by atoms with Gasteiger partial charge >= 0.3 is 0 Å². The normalized spacial score (nSPS) is 17.0. The molecule has 3 heterocycles. The number of para-hydroxylation sites is 1. The summed E-state index contributed by atoms with van der Waals surface area (Å²) in [4.78, 5) is 33.0. The van der Waals surface area contributed by atoms with Gasteiger partial charge in [-0.15, -0.1) is 0 Å². The number of carbonyl (C=O) groups excluding carboxylic acids is 2.